The van der Waals surface area contributed by atoms with Gasteiger partial charge in [0.2, 0.25) is 0 Å². The lowest BCUT2D eigenvalue weighted by Gasteiger charge is -2.10. The van der Waals surface area contributed by atoms with Crippen LogP contribution in [0, 0.1) is 0 Å². The maximum Gasteiger partial charge on any atom is 0.272 e. The summed E-state index contributed by atoms with van der Waals surface area (Å²) in [4.78, 5) is 12.7. The summed E-state index contributed by atoms with van der Waals surface area (Å²) in [5, 5.41) is 7.74. The quantitative estimate of drug-likeness (QED) is 0.740. The molecule has 0 unspecified atom stereocenters. The number of hydrogen-bond acceptors (Lipinski definition) is 3. The minimum absolute atomic E-state index is 0.105. The highest BCUT2D eigenvalue weighted by atomic mass is 16.5. The molecule has 1 aliphatic rings. The first-order chi connectivity index (χ1) is 13.2. The van der Waals surface area contributed by atoms with E-state index >= 15 is 0 Å². The van der Waals surface area contributed by atoms with Crippen LogP contribution in [0.2, 0.25) is 0 Å². The van der Waals surface area contributed by atoms with Crippen LogP contribution in [0.3, 0.4) is 0 Å². The maximum absolute atomic E-state index is 12.7. The molecule has 5 heteroatoms. The molecule has 138 valence electrons. The van der Waals surface area contributed by atoms with Crippen molar-refractivity contribution in [1.29, 1.82) is 0 Å². The minimum atomic E-state index is -0.105. The van der Waals surface area contributed by atoms with Crippen molar-refractivity contribution in [2.75, 3.05) is 7.11 Å². The van der Waals surface area contributed by atoms with Crippen molar-refractivity contribution < 1.29 is 9.53 Å². The fourth-order valence-electron chi connectivity index (χ4n) is 3.55. The average Bonchev–Trinajstić information content (AvgIpc) is 3.39. The second-order valence-electron chi connectivity index (χ2n) is 6.85. The lowest BCUT2D eigenvalue weighted by atomic mass is 10.1. The van der Waals surface area contributed by atoms with Gasteiger partial charge < -0.3 is 10.1 Å². The molecule has 0 aliphatic heterocycles. The van der Waals surface area contributed by atoms with E-state index in [0.29, 0.717) is 5.69 Å². The molecule has 1 aliphatic carbocycles. The van der Waals surface area contributed by atoms with E-state index in [2.05, 4.69) is 10.4 Å². The van der Waals surface area contributed by atoms with E-state index in [0.717, 1.165) is 35.5 Å². The first-order valence-electron chi connectivity index (χ1n) is 9.35. The number of amides is 1. The van der Waals surface area contributed by atoms with Gasteiger partial charge in [-0.25, -0.2) is 4.68 Å². The van der Waals surface area contributed by atoms with Crippen LogP contribution in [0.15, 0.2) is 60.7 Å². The molecule has 0 atom stereocenters. The molecule has 1 N–H and O–H groups in total. The number of aromatic nitrogens is 2. The van der Waals surface area contributed by atoms with Crippen molar-refractivity contribution in [3.05, 3.63) is 66.4 Å². The smallest absolute Gasteiger partial charge is 0.272 e. The zero-order valence-corrected chi connectivity index (χ0v) is 15.4. The molecule has 0 bridgehead atoms. The first-order valence-corrected chi connectivity index (χ1v) is 9.35. The summed E-state index contributed by atoms with van der Waals surface area (Å²) in [5.74, 6) is 0.690. The Bertz CT molecular complexity index is 910. The highest BCUT2D eigenvalue weighted by Crippen LogP contribution is 2.26. The standard InChI is InChI=1S/C22H23N3O2/c1-27-19-13-11-16(12-14-19)21-15-20(22(26)23-17-7-5-6-8-17)24-25(21)18-9-3-2-4-10-18/h2-4,9-15,17H,5-8H2,1H3,(H,23,26). The van der Waals surface area contributed by atoms with Gasteiger partial charge in [0.1, 0.15) is 5.75 Å². The van der Waals surface area contributed by atoms with Gasteiger partial charge >= 0.3 is 0 Å². The van der Waals surface area contributed by atoms with Crippen molar-refractivity contribution >= 4 is 5.91 Å². The van der Waals surface area contributed by atoms with Gasteiger partial charge in [-0.2, -0.15) is 5.10 Å². The molecule has 0 spiro atoms. The molecule has 4 rings (SSSR count). The van der Waals surface area contributed by atoms with Crippen molar-refractivity contribution in [2.45, 2.75) is 31.7 Å². The van der Waals surface area contributed by atoms with E-state index in [1.54, 1.807) is 7.11 Å². The number of ether oxygens (including phenoxy) is 1. The van der Waals surface area contributed by atoms with Crippen LogP contribution in [0.4, 0.5) is 0 Å². The predicted octanol–water partition coefficient (Wildman–Crippen LogP) is 4.22. The van der Waals surface area contributed by atoms with Gasteiger partial charge in [0.25, 0.3) is 5.91 Å². The third-order valence-electron chi connectivity index (χ3n) is 5.02. The average molecular weight is 361 g/mol. The SMILES string of the molecule is COc1ccc(-c2cc(C(=O)NC3CCCC3)nn2-c2ccccc2)cc1. The summed E-state index contributed by atoms with van der Waals surface area (Å²) in [6.45, 7) is 0. The Balaban J connectivity index is 1.71. The van der Waals surface area contributed by atoms with E-state index in [-0.39, 0.29) is 11.9 Å². The highest BCUT2D eigenvalue weighted by molar-refractivity contribution is 5.93. The van der Waals surface area contributed by atoms with Crippen LogP contribution < -0.4 is 10.1 Å². The zero-order chi connectivity index (χ0) is 18.6. The third kappa shape index (κ3) is 3.72. The van der Waals surface area contributed by atoms with E-state index < -0.39 is 0 Å². The van der Waals surface area contributed by atoms with Gasteiger partial charge in [0.05, 0.1) is 18.5 Å². The first kappa shape index (κ1) is 17.3. The summed E-state index contributed by atoms with van der Waals surface area (Å²) >= 11 is 0. The summed E-state index contributed by atoms with van der Waals surface area (Å²) in [5.41, 5.74) is 3.22. The van der Waals surface area contributed by atoms with Crippen molar-refractivity contribution in [3.8, 4) is 22.7 Å². The molecule has 3 aromatic rings. The summed E-state index contributed by atoms with van der Waals surface area (Å²) in [6, 6.07) is 19.8. The van der Waals surface area contributed by atoms with E-state index in [9.17, 15) is 4.79 Å². The number of para-hydroxylation sites is 1. The molecule has 1 fully saturated rings. The van der Waals surface area contributed by atoms with Gasteiger partial charge in [0, 0.05) is 11.6 Å². The van der Waals surface area contributed by atoms with Gasteiger partial charge in [-0.15, -0.1) is 0 Å². The monoisotopic (exact) mass is 361 g/mol. The van der Waals surface area contributed by atoms with Gasteiger partial charge in [-0.3, -0.25) is 4.79 Å². The van der Waals surface area contributed by atoms with Gasteiger partial charge in [-0.05, 0) is 55.3 Å². The van der Waals surface area contributed by atoms with Crippen LogP contribution in [-0.4, -0.2) is 28.8 Å². The Morgan fingerprint density at radius 2 is 1.78 bits per heavy atom. The largest absolute Gasteiger partial charge is 0.497 e. The van der Waals surface area contributed by atoms with Crippen LogP contribution in [-0.2, 0) is 0 Å². The molecular formula is C22H23N3O2. The number of carbonyl (C=O) groups excluding carboxylic acids is 1. The number of nitrogens with one attached hydrogen (secondary N) is 1. The molecule has 0 saturated heterocycles. The molecule has 5 nitrogen and oxygen atoms in total. The predicted molar refractivity (Wildman–Crippen MR) is 105 cm³/mol. The molecule has 1 amide bonds. The molecular weight excluding hydrogens is 338 g/mol. The number of hydrogen-bond donors (Lipinski definition) is 1. The number of benzene rings is 2. The Morgan fingerprint density at radius 1 is 1.07 bits per heavy atom. The minimum Gasteiger partial charge on any atom is -0.497 e. The van der Waals surface area contributed by atoms with Crippen LogP contribution >= 0.6 is 0 Å². The Hall–Kier alpha value is -3.08. The summed E-state index contributed by atoms with van der Waals surface area (Å²) < 4.78 is 7.08. The normalized spacial score (nSPS) is 14.3. The number of nitrogens with zero attached hydrogens (tertiary/aromatic N) is 2. The van der Waals surface area contributed by atoms with Gasteiger partial charge in [-0.1, -0.05) is 31.0 Å². The fourth-order valence-corrected chi connectivity index (χ4v) is 3.55. The number of rotatable bonds is 5. The third-order valence-corrected chi connectivity index (χ3v) is 5.02. The fraction of sp³-hybridized carbons (Fsp3) is 0.273. The van der Waals surface area contributed by atoms with Gasteiger partial charge in [0.15, 0.2) is 5.69 Å². The Labute approximate surface area is 159 Å². The van der Waals surface area contributed by atoms with E-state index in [1.807, 2.05) is 65.3 Å². The Kier molecular flexibility index (Phi) is 4.92. The number of carbonyl (C=O) groups is 1. The van der Waals surface area contributed by atoms with Crippen molar-refractivity contribution in [3.63, 3.8) is 0 Å². The zero-order valence-electron chi connectivity index (χ0n) is 15.4. The van der Waals surface area contributed by atoms with Crippen molar-refractivity contribution in [2.24, 2.45) is 0 Å². The molecule has 1 heterocycles. The topological polar surface area (TPSA) is 56.1 Å². The second kappa shape index (κ2) is 7.66. The summed E-state index contributed by atoms with van der Waals surface area (Å²) in [6.07, 6.45) is 4.47. The molecule has 1 saturated carbocycles. The molecule has 2 aromatic carbocycles. The van der Waals surface area contributed by atoms with Crippen LogP contribution in [0.5, 0.6) is 5.75 Å². The van der Waals surface area contributed by atoms with E-state index in [4.69, 9.17) is 4.74 Å². The van der Waals surface area contributed by atoms with Crippen LogP contribution in [0.1, 0.15) is 36.2 Å². The lowest BCUT2D eigenvalue weighted by Crippen LogP contribution is -2.32. The Morgan fingerprint density at radius 3 is 2.44 bits per heavy atom. The summed E-state index contributed by atoms with van der Waals surface area (Å²) in [7, 11) is 1.65. The lowest BCUT2D eigenvalue weighted by molar-refractivity contribution is 0.0932. The molecule has 27 heavy (non-hydrogen) atoms. The molecule has 1 aromatic heterocycles. The maximum atomic E-state index is 12.7. The number of methoxy groups -OCH3 is 1. The van der Waals surface area contributed by atoms with Crippen LogP contribution in [0.25, 0.3) is 16.9 Å². The molecule has 0 radical (unpaired) electrons. The van der Waals surface area contributed by atoms with E-state index in [1.165, 1.54) is 12.8 Å². The highest BCUT2D eigenvalue weighted by Gasteiger charge is 2.21. The second-order valence-corrected chi connectivity index (χ2v) is 6.85. The van der Waals surface area contributed by atoms with Crippen molar-refractivity contribution in [1.82, 2.24) is 15.1 Å².